The van der Waals surface area contributed by atoms with Crippen LogP contribution in [-0.4, -0.2) is 8.75 Å². The summed E-state index contributed by atoms with van der Waals surface area (Å²) in [6.07, 6.45) is 0. The molecule has 0 aliphatic heterocycles. The number of nitriles is 1. The molecule has 2 aromatic carbocycles. The third-order valence-electron chi connectivity index (χ3n) is 2.74. The minimum absolute atomic E-state index is 0.439. The molecule has 1 heterocycles. The molecule has 0 bridgehead atoms. The van der Waals surface area contributed by atoms with Crippen molar-refractivity contribution < 1.29 is 0 Å². The number of hydrogen-bond donors (Lipinski definition) is 1. The molecule has 0 unspecified atom stereocenters. The average Bonchev–Trinajstić information content (AvgIpc) is 2.92. The molecule has 98 valence electrons. The van der Waals surface area contributed by atoms with Crippen molar-refractivity contribution in [3.05, 3.63) is 45.9 Å². The predicted octanol–water partition coefficient (Wildman–Crippen LogP) is 4.61. The Balaban J connectivity index is 2.12. The standard InChI is InChI=1S/C13H6Cl2N4S/c14-8-1-3-10(7(5-8)6-16)17-12-9(15)2-4-11-13(12)19-20-18-11/h1-5,17H. The molecular weight excluding hydrogens is 315 g/mol. The van der Waals surface area contributed by atoms with Crippen LogP contribution in [0.5, 0.6) is 0 Å². The van der Waals surface area contributed by atoms with E-state index in [9.17, 15) is 0 Å². The Hall–Kier alpha value is -1.87. The summed E-state index contributed by atoms with van der Waals surface area (Å²) in [6, 6.07) is 10.7. The number of aromatic nitrogens is 2. The molecule has 0 saturated carbocycles. The zero-order valence-electron chi connectivity index (χ0n) is 9.89. The number of rotatable bonds is 2. The molecule has 0 fully saturated rings. The monoisotopic (exact) mass is 320 g/mol. The van der Waals surface area contributed by atoms with Gasteiger partial charge in [0.05, 0.1) is 33.7 Å². The van der Waals surface area contributed by atoms with Gasteiger partial charge in [-0.2, -0.15) is 14.0 Å². The first-order chi connectivity index (χ1) is 9.69. The number of anilines is 2. The van der Waals surface area contributed by atoms with E-state index in [4.69, 9.17) is 28.5 Å². The van der Waals surface area contributed by atoms with Crippen molar-refractivity contribution in [2.45, 2.75) is 0 Å². The topological polar surface area (TPSA) is 61.6 Å². The smallest absolute Gasteiger partial charge is 0.129 e. The molecule has 0 amide bonds. The summed E-state index contributed by atoms with van der Waals surface area (Å²) < 4.78 is 8.39. The van der Waals surface area contributed by atoms with Crippen molar-refractivity contribution in [2.24, 2.45) is 0 Å². The van der Waals surface area contributed by atoms with E-state index in [1.54, 1.807) is 30.3 Å². The van der Waals surface area contributed by atoms with Crippen LogP contribution in [0.15, 0.2) is 30.3 Å². The lowest BCUT2D eigenvalue weighted by Crippen LogP contribution is -1.95. The molecular formula is C13H6Cl2N4S. The van der Waals surface area contributed by atoms with Crippen molar-refractivity contribution in [3.63, 3.8) is 0 Å². The van der Waals surface area contributed by atoms with E-state index in [0.29, 0.717) is 32.5 Å². The first-order valence-electron chi connectivity index (χ1n) is 5.56. The molecule has 1 aromatic heterocycles. The van der Waals surface area contributed by atoms with Gasteiger partial charge in [-0.15, -0.1) is 0 Å². The summed E-state index contributed by atoms with van der Waals surface area (Å²) in [5, 5.41) is 13.3. The molecule has 20 heavy (non-hydrogen) atoms. The van der Waals surface area contributed by atoms with Crippen LogP contribution in [0.4, 0.5) is 11.4 Å². The lowest BCUT2D eigenvalue weighted by molar-refractivity contribution is 1.46. The molecule has 7 heteroatoms. The second kappa shape index (κ2) is 5.25. The fourth-order valence-electron chi connectivity index (χ4n) is 1.80. The third kappa shape index (κ3) is 2.29. The van der Waals surface area contributed by atoms with E-state index < -0.39 is 0 Å². The summed E-state index contributed by atoms with van der Waals surface area (Å²) in [4.78, 5) is 0. The number of hydrogen-bond acceptors (Lipinski definition) is 5. The molecule has 0 radical (unpaired) electrons. The molecule has 0 aliphatic carbocycles. The molecule has 0 saturated heterocycles. The van der Waals surface area contributed by atoms with Crippen molar-refractivity contribution in [2.75, 3.05) is 5.32 Å². The highest BCUT2D eigenvalue weighted by molar-refractivity contribution is 7.00. The minimum atomic E-state index is 0.439. The van der Waals surface area contributed by atoms with Gasteiger partial charge in [-0.1, -0.05) is 23.2 Å². The van der Waals surface area contributed by atoms with Crippen LogP contribution in [0.25, 0.3) is 11.0 Å². The van der Waals surface area contributed by atoms with Gasteiger partial charge < -0.3 is 5.32 Å². The highest BCUT2D eigenvalue weighted by Gasteiger charge is 2.12. The largest absolute Gasteiger partial charge is 0.351 e. The van der Waals surface area contributed by atoms with Gasteiger partial charge in [0.15, 0.2) is 0 Å². The van der Waals surface area contributed by atoms with Crippen LogP contribution in [0.2, 0.25) is 10.0 Å². The van der Waals surface area contributed by atoms with Crippen molar-refractivity contribution in [1.82, 2.24) is 8.75 Å². The van der Waals surface area contributed by atoms with Gasteiger partial charge in [0.25, 0.3) is 0 Å². The maximum atomic E-state index is 9.16. The van der Waals surface area contributed by atoms with E-state index in [0.717, 1.165) is 17.2 Å². The third-order valence-corrected chi connectivity index (χ3v) is 3.83. The molecule has 3 rings (SSSR count). The van der Waals surface area contributed by atoms with Crippen LogP contribution in [0.3, 0.4) is 0 Å². The number of nitrogens with one attached hydrogen (secondary N) is 1. The summed E-state index contributed by atoms with van der Waals surface area (Å²) >= 11 is 13.2. The Bertz CT molecular complexity index is 838. The van der Waals surface area contributed by atoms with E-state index in [-0.39, 0.29) is 0 Å². The Kier molecular flexibility index (Phi) is 3.45. The molecule has 0 spiro atoms. The quantitative estimate of drug-likeness (QED) is 0.748. The van der Waals surface area contributed by atoms with E-state index in [1.165, 1.54) is 0 Å². The fraction of sp³-hybridized carbons (Fsp3) is 0. The second-order valence-electron chi connectivity index (χ2n) is 3.98. The van der Waals surface area contributed by atoms with E-state index in [1.807, 2.05) is 0 Å². The van der Waals surface area contributed by atoms with Gasteiger partial charge >= 0.3 is 0 Å². The number of nitrogens with zero attached hydrogens (tertiary/aromatic N) is 3. The Labute approximate surface area is 128 Å². The van der Waals surface area contributed by atoms with Gasteiger partial charge in [-0.3, -0.25) is 0 Å². The molecule has 3 aromatic rings. The van der Waals surface area contributed by atoms with Gasteiger partial charge in [0.1, 0.15) is 17.1 Å². The van der Waals surface area contributed by atoms with Crippen molar-refractivity contribution in [3.8, 4) is 6.07 Å². The maximum absolute atomic E-state index is 9.16. The first kappa shape index (κ1) is 13.1. The zero-order valence-corrected chi connectivity index (χ0v) is 12.2. The SMILES string of the molecule is N#Cc1cc(Cl)ccc1Nc1c(Cl)ccc2nsnc12. The van der Waals surface area contributed by atoms with E-state index >= 15 is 0 Å². The van der Waals surface area contributed by atoms with Gasteiger partial charge in [-0.25, -0.2) is 0 Å². The highest BCUT2D eigenvalue weighted by Crippen LogP contribution is 2.33. The predicted molar refractivity (Wildman–Crippen MR) is 81.9 cm³/mol. The number of fused-ring (bicyclic) bond motifs is 1. The van der Waals surface area contributed by atoms with Gasteiger partial charge in [0.2, 0.25) is 0 Å². The number of benzene rings is 2. The lowest BCUT2D eigenvalue weighted by atomic mass is 10.1. The summed E-state index contributed by atoms with van der Waals surface area (Å²) in [5.41, 5.74) is 3.14. The normalized spacial score (nSPS) is 10.4. The Morgan fingerprint density at radius 3 is 2.80 bits per heavy atom. The number of halogens is 2. The summed E-state index contributed by atoms with van der Waals surface area (Å²) in [6.45, 7) is 0. The minimum Gasteiger partial charge on any atom is -0.351 e. The van der Waals surface area contributed by atoms with Crippen molar-refractivity contribution >= 4 is 57.3 Å². The van der Waals surface area contributed by atoms with Gasteiger partial charge in [-0.05, 0) is 30.3 Å². The summed E-state index contributed by atoms with van der Waals surface area (Å²) in [5.74, 6) is 0. The van der Waals surface area contributed by atoms with Gasteiger partial charge in [0, 0.05) is 5.02 Å². The second-order valence-corrected chi connectivity index (χ2v) is 5.35. The molecule has 0 aliphatic rings. The fourth-order valence-corrected chi connectivity index (χ4v) is 2.71. The first-order valence-corrected chi connectivity index (χ1v) is 7.05. The van der Waals surface area contributed by atoms with Crippen LogP contribution in [0, 0.1) is 11.3 Å². The molecule has 4 nitrogen and oxygen atoms in total. The Morgan fingerprint density at radius 2 is 2.00 bits per heavy atom. The van der Waals surface area contributed by atoms with Crippen LogP contribution in [0.1, 0.15) is 5.56 Å². The van der Waals surface area contributed by atoms with E-state index in [2.05, 4.69) is 20.1 Å². The molecule has 1 N–H and O–H groups in total. The Morgan fingerprint density at radius 1 is 1.15 bits per heavy atom. The van der Waals surface area contributed by atoms with Crippen LogP contribution < -0.4 is 5.32 Å². The van der Waals surface area contributed by atoms with Crippen LogP contribution >= 0.6 is 34.9 Å². The van der Waals surface area contributed by atoms with Crippen molar-refractivity contribution in [1.29, 1.82) is 5.26 Å². The average molecular weight is 321 g/mol. The van der Waals surface area contributed by atoms with Crippen LogP contribution in [-0.2, 0) is 0 Å². The molecule has 0 atom stereocenters. The maximum Gasteiger partial charge on any atom is 0.129 e. The zero-order chi connectivity index (χ0) is 14.1. The highest BCUT2D eigenvalue weighted by atomic mass is 35.5. The lowest BCUT2D eigenvalue weighted by Gasteiger charge is -2.10. The summed E-state index contributed by atoms with van der Waals surface area (Å²) in [7, 11) is 0.